The minimum atomic E-state index is -0.884. The van der Waals surface area contributed by atoms with Gasteiger partial charge in [-0.3, -0.25) is 0 Å². The number of aliphatic hydroxyl groups excluding tert-OH is 2. The molecule has 2 unspecified atom stereocenters. The van der Waals surface area contributed by atoms with Crippen molar-refractivity contribution in [3.8, 4) is 0 Å². The van der Waals surface area contributed by atoms with Gasteiger partial charge in [0.15, 0.2) is 0 Å². The smallest absolute Gasteiger partial charge is 0.104 e. The molecular formula is C14H20ClNO3. The average molecular weight is 286 g/mol. The van der Waals surface area contributed by atoms with Crippen LogP contribution >= 0.6 is 11.6 Å². The lowest BCUT2D eigenvalue weighted by atomic mass is 9.89. The third-order valence-electron chi connectivity index (χ3n) is 3.54. The lowest BCUT2D eigenvalue weighted by Crippen LogP contribution is -2.38. The molecule has 1 aromatic carbocycles. The molecule has 0 spiro atoms. The van der Waals surface area contributed by atoms with E-state index >= 15 is 0 Å². The Morgan fingerprint density at radius 2 is 2.32 bits per heavy atom. The SMILES string of the molecule is Cc1ccc(C2CNCCOC2[C@@H](O)CO)cc1Cl. The number of benzene rings is 1. The summed E-state index contributed by atoms with van der Waals surface area (Å²) in [4.78, 5) is 0. The number of ether oxygens (including phenoxy) is 1. The summed E-state index contributed by atoms with van der Waals surface area (Å²) < 4.78 is 5.68. The van der Waals surface area contributed by atoms with Crippen LogP contribution in [0, 0.1) is 6.92 Å². The fourth-order valence-corrected chi connectivity index (χ4v) is 2.58. The van der Waals surface area contributed by atoms with Crippen molar-refractivity contribution in [3.63, 3.8) is 0 Å². The van der Waals surface area contributed by atoms with Crippen LogP contribution in [0.4, 0.5) is 0 Å². The lowest BCUT2D eigenvalue weighted by molar-refractivity contribution is -0.0609. The number of hydrogen-bond acceptors (Lipinski definition) is 4. The molecule has 0 bridgehead atoms. The van der Waals surface area contributed by atoms with Gasteiger partial charge in [0.05, 0.1) is 19.3 Å². The predicted octanol–water partition coefficient (Wildman–Crippen LogP) is 1.07. The van der Waals surface area contributed by atoms with Crippen LogP contribution in [0.25, 0.3) is 0 Å². The summed E-state index contributed by atoms with van der Waals surface area (Å²) >= 11 is 6.16. The van der Waals surface area contributed by atoms with Crippen LogP contribution in [0.1, 0.15) is 17.0 Å². The summed E-state index contributed by atoms with van der Waals surface area (Å²) in [5, 5.41) is 23.1. The highest BCUT2D eigenvalue weighted by molar-refractivity contribution is 6.31. The van der Waals surface area contributed by atoms with E-state index in [0.29, 0.717) is 18.2 Å². The van der Waals surface area contributed by atoms with Gasteiger partial charge in [-0.1, -0.05) is 23.7 Å². The topological polar surface area (TPSA) is 61.7 Å². The lowest BCUT2D eigenvalue weighted by Gasteiger charge is -2.28. The Morgan fingerprint density at radius 3 is 3.00 bits per heavy atom. The molecule has 1 fully saturated rings. The maximum atomic E-state index is 9.93. The third kappa shape index (κ3) is 3.46. The molecule has 1 saturated heterocycles. The standard InChI is InChI=1S/C14H20ClNO3/c1-9-2-3-10(6-12(9)15)11-7-16-4-5-19-14(11)13(18)8-17/h2-3,6,11,13-14,16-18H,4-5,7-8H2,1H3/t11?,13-,14?/m0/s1. The van der Waals surface area contributed by atoms with E-state index in [9.17, 15) is 5.11 Å². The second kappa shape index (κ2) is 6.68. The van der Waals surface area contributed by atoms with Crippen LogP contribution in [0.15, 0.2) is 18.2 Å². The molecule has 0 radical (unpaired) electrons. The summed E-state index contributed by atoms with van der Waals surface area (Å²) in [7, 11) is 0. The third-order valence-corrected chi connectivity index (χ3v) is 3.95. The zero-order valence-electron chi connectivity index (χ0n) is 11.0. The van der Waals surface area contributed by atoms with Gasteiger partial charge in [-0.05, 0) is 24.1 Å². The van der Waals surface area contributed by atoms with Crippen molar-refractivity contribution in [2.75, 3.05) is 26.3 Å². The van der Waals surface area contributed by atoms with Gasteiger partial charge in [0, 0.05) is 24.0 Å². The summed E-state index contributed by atoms with van der Waals surface area (Å²) in [6.45, 7) is 3.61. The molecule has 5 heteroatoms. The Kier molecular flexibility index (Phi) is 5.19. The van der Waals surface area contributed by atoms with Crippen molar-refractivity contribution >= 4 is 11.6 Å². The molecule has 4 nitrogen and oxygen atoms in total. The first-order chi connectivity index (χ1) is 9.13. The van der Waals surface area contributed by atoms with E-state index in [1.165, 1.54) is 0 Å². The Bertz CT molecular complexity index is 427. The van der Waals surface area contributed by atoms with Gasteiger partial charge < -0.3 is 20.3 Å². The van der Waals surface area contributed by atoms with Crippen LogP contribution in [-0.2, 0) is 4.74 Å². The summed E-state index contributed by atoms with van der Waals surface area (Å²) in [5.74, 6) is -0.0252. The van der Waals surface area contributed by atoms with Gasteiger partial charge >= 0.3 is 0 Å². The number of hydrogen-bond donors (Lipinski definition) is 3. The van der Waals surface area contributed by atoms with Crippen LogP contribution < -0.4 is 5.32 Å². The molecule has 0 aliphatic carbocycles. The molecule has 0 amide bonds. The van der Waals surface area contributed by atoms with E-state index in [-0.39, 0.29) is 12.5 Å². The fraction of sp³-hybridized carbons (Fsp3) is 0.571. The molecule has 0 aromatic heterocycles. The largest absolute Gasteiger partial charge is 0.394 e. The van der Waals surface area contributed by atoms with Gasteiger partial charge in [-0.25, -0.2) is 0 Å². The second-order valence-corrected chi connectivity index (χ2v) is 5.31. The molecule has 1 aliphatic rings. The highest BCUT2D eigenvalue weighted by Gasteiger charge is 2.31. The summed E-state index contributed by atoms with van der Waals surface area (Å²) in [5.41, 5.74) is 2.04. The zero-order chi connectivity index (χ0) is 13.8. The molecule has 0 saturated carbocycles. The molecule has 2 rings (SSSR count). The normalized spacial score (nSPS) is 25.9. The fourth-order valence-electron chi connectivity index (χ4n) is 2.39. The molecule has 3 atom stereocenters. The van der Waals surface area contributed by atoms with E-state index in [1.54, 1.807) is 0 Å². The van der Waals surface area contributed by atoms with Gasteiger partial charge in [0.25, 0.3) is 0 Å². The van der Waals surface area contributed by atoms with Gasteiger partial charge in [0.1, 0.15) is 6.10 Å². The molecule has 1 aliphatic heterocycles. The minimum absolute atomic E-state index is 0.0252. The first kappa shape index (κ1) is 14.8. The summed E-state index contributed by atoms with van der Waals surface area (Å²) in [6, 6.07) is 5.87. The van der Waals surface area contributed by atoms with Gasteiger partial charge in [-0.2, -0.15) is 0 Å². The number of rotatable bonds is 3. The number of nitrogens with one attached hydrogen (secondary N) is 1. The maximum Gasteiger partial charge on any atom is 0.104 e. The van der Waals surface area contributed by atoms with Crippen molar-refractivity contribution in [1.29, 1.82) is 0 Å². The average Bonchev–Trinajstić information content (AvgIpc) is 2.66. The molecule has 106 valence electrons. The Balaban J connectivity index is 2.28. The molecule has 1 heterocycles. The van der Waals surface area contributed by atoms with E-state index in [0.717, 1.165) is 17.7 Å². The number of aryl methyl sites for hydroxylation is 1. The second-order valence-electron chi connectivity index (χ2n) is 4.90. The quantitative estimate of drug-likeness (QED) is 0.778. The van der Waals surface area contributed by atoms with Crippen molar-refractivity contribution in [2.45, 2.75) is 25.0 Å². The van der Waals surface area contributed by atoms with Gasteiger partial charge in [0.2, 0.25) is 0 Å². The highest BCUT2D eigenvalue weighted by atomic mass is 35.5. The van der Waals surface area contributed by atoms with E-state index < -0.39 is 12.2 Å². The Labute approximate surface area is 118 Å². The number of halogens is 1. The zero-order valence-corrected chi connectivity index (χ0v) is 11.7. The van der Waals surface area contributed by atoms with E-state index in [1.807, 2.05) is 25.1 Å². The van der Waals surface area contributed by atoms with Crippen LogP contribution in [0.5, 0.6) is 0 Å². The van der Waals surface area contributed by atoms with Crippen LogP contribution in [0.2, 0.25) is 5.02 Å². The van der Waals surface area contributed by atoms with E-state index in [4.69, 9.17) is 21.4 Å². The monoisotopic (exact) mass is 285 g/mol. The van der Waals surface area contributed by atoms with Crippen molar-refractivity contribution in [1.82, 2.24) is 5.32 Å². The van der Waals surface area contributed by atoms with Crippen LogP contribution in [-0.4, -0.2) is 48.7 Å². The molecule has 3 N–H and O–H groups in total. The predicted molar refractivity (Wildman–Crippen MR) is 74.6 cm³/mol. The number of aliphatic hydroxyl groups is 2. The first-order valence-corrected chi connectivity index (χ1v) is 6.88. The highest BCUT2D eigenvalue weighted by Crippen LogP contribution is 2.28. The van der Waals surface area contributed by atoms with Gasteiger partial charge in [-0.15, -0.1) is 0 Å². The van der Waals surface area contributed by atoms with Crippen molar-refractivity contribution in [2.24, 2.45) is 0 Å². The first-order valence-electron chi connectivity index (χ1n) is 6.50. The Morgan fingerprint density at radius 1 is 1.53 bits per heavy atom. The van der Waals surface area contributed by atoms with Crippen molar-refractivity contribution < 1.29 is 14.9 Å². The molecular weight excluding hydrogens is 266 g/mol. The minimum Gasteiger partial charge on any atom is -0.394 e. The van der Waals surface area contributed by atoms with E-state index in [2.05, 4.69) is 5.32 Å². The summed E-state index contributed by atoms with van der Waals surface area (Å²) in [6.07, 6.45) is -1.30. The van der Waals surface area contributed by atoms with Crippen LogP contribution in [0.3, 0.4) is 0 Å². The maximum absolute atomic E-state index is 9.93. The Hall–Kier alpha value is -0.650. The van der Waals surface area contributed by atoms with Crippen molar-refractivity contribution in [3.05, 3.63) is 34.3 Å². The molecule has 1 aromatic rings. The molecule has 19 heavy (non-hydrogen) atoms.